The van der Waals surface area contributed by atoms with Crippen LogP contribution >= 0.6 is 0 Å². The van der Waals surface area contributed by atoms with Crippen LogP contribution in [0.15, 0.2) is 24.3 Å². The molecular formula is C13H17NO4. The van der Waals surface area contributed by atoms with Gasteiger partial charge in [-0.1, -0.05) is 12.1 Å². The van der Waals surface area contributed by atoms with Gasteiger partial charge in [-0.2, -0.15) is 0 Å². The van der Waals surface area contributed by atoms with Gasteiger partial charge in [0, 0.05) is 6.42 Å². The summed E-state index contributed by atoms with van der Waals surface area (Å²) in [6.45, 7) is 0. The largest absolute Gasteiger partial charge is 0.497 e. The first-order valence-electron chi connectivity index (χ1n) is 5.56. The van der Waals surface area contributed by atoms with E-state index in [2.05, 4.69) is 4.74 Å². The van der Waals surface area contributed by atoms with Crippen molar-refractivity contribution in [3.63, 3.8) is 0 Å². The van der Waals surface area contributed by atoms with Crippen molar-refractivity contribution >= 4 is 11.9 Å². The van der Waals surface area contributed by atoms with Gasteiger partial charge in [-0.15, -0.1) is 0 Å². The molecule has 1 amide bonds. The summed E-state index contributed by atoms with van der Waals surface area (Å²) >= 11 is 0. The van der Waals surface area contributed by atoms with E-state index in [1.165, 1.54) is 7.11 Å². The fourth-order valence-corrected chi connectivity index (χ4v) is 1.69. The highest BCUT2D eigenvalue weighted by Crippen LogP contribution is 2.17. The summed E-state index contributed by atoms with van der Waals surface area (Å²) in [6, 6.07) is 7.29. The van der Waals surface area contributed by atoms with Crippen LogP contribution in [-0.2, 0) is 20.7 Å². The Morgan fingerprint density at radius 3 is 2.28 bits per heavy atom. The van der Waals surface area contributed by atoms with Gasteiger partial charge in [0.25, 0.3) is 0 Å². The van der Waals surface area contributed by atoms with Crippen molar-refractivity contribution in [2.75, 3.05) is 14.2 Å². The maximum Gasteiger partial charge on any atom is 0.309 e. The Hall–Kier alpha value is -2.04. The van der Waals surface area contributed by atoms with Gasteiger partial charge in [-0.3, -0.25) is 9.59 Å². The molecule has 0 heterocycles. The van der Waals surface area contributed by atoms with E-state index in [9.17, 15) is 9.59 Å². The average molecular weight is 251 g/mol. The number of carbonyl (C=O) groups excluding carboxylic acids is 2. The summed E-state index contributed by atoms with van der Waals surface area (Å²) in [5.41, 5.74) is 6.04. The van der Waals surface area contributed by atoms with Gasteiger partial charge in [0.1, 0.15) is 5.75 Å². The lowest BCUT2D eigenvalue weighted by Crippen LogP contribution is -2.25. The Bertz CT molecular complexity index is 414. The predicted octanol–water partition coefficient (Wildman–Crippen LogP) is 0.902. The highest BCUT2D eigenvalue weighted by atomic mass is 16.5. The highest BCUT2D eigenvalue weighted by molar-refractivity contribution is 5.82. The molecular weight excluding hydrogens is 234 g/mol. The summed E-state index contributed by atoms with van der Waals surface area (Å²) in [5, 5.41) is 0. The molecule has 2 N–H and O–H groups in total. The van der Waals surface area contributed by atoms with Crippen LogP contribution in [0, 0.1) is 5.92 Å². The minimum atomic E-state index is -0.541. The molecule has 0 bridgehead atoms. The van der Waals surface area contributed by atoms with Crippen molar-refractivity contribution < 1.29 is 19.1 Å². The monoisotopic (exact) mass is 251 g/mol. The second-order valence-corrected chi connectivity index (χ2v) is 3.94. The summed E-state index contributed by atoms with van der Waals surface area (Å²) in [6.07, 6.45) is 0.401. The zero-order chi connectivity index (χ0) is 13.5. The van der Waals surface area contributed by atoms with Crippen LogP contribution in [0.3, 0.4) is 0 Å². The van der Waals surface area contributed by atoms with Crippen LogP contribution in [0.4, 0.5) is 0 Å². The summed E-state index contributed by atoms with van der Waals surface area (Å²) in [5.74, 6) is -0.743. The molecule has 0 aromatic heterocycles. The fourth-order valence-electron chi connectivity index (χ4n) is 1.69. The highest BCUT2D eigenvalue weighted by Gasteiger charge is 2.21. The minimum Gasteiger partial charge on any atom is -0.497 e. The zero-order valence-corrected chi connectivity index (χ0v) is 10.5. The molecule has 5 heteroatoms. The Labute approximate surface area is 106 Å². The molecule has 1 rings (SSSR count). The van der Waals surface area contributed by atoms with Gasteiger partial charge in [-0.25, -0.2) is 0 Å². The van der Waals surface area contributed by atoms with Gasteiger partial charge < -0.3 is 15.2 Å². The van der Waals surface area contributed by atoms with Crippen LogP contribution in [-0.4, -0.2) is 26.1 Å². The average Bonchev–Trinajstić information content (AvgIpc) is 2.37. The lowest BCUT2D eigenvalue weighted by atomic mass is 9.96. The van der Waals surface area contributed by atoms with E-state index in [-0.39, 0.29) is 6.42 Å². The maximum absolute atomic E-state index is 11.5. The first-order chi connectivity index (χ1) is 8.56. The molecule has 98 valence electrons. The van der Waals surface area contributed by atoms with Crippen molar-refractivity contribution in [3.05, 3.63) is 29.8 Å². The molecule has 0 unspecified atom stereocenters. The normalized spacial score (nSPS) is 11.7. The molecule has 1 atom stereocenters. The first kappa shape index (κ1) is 14.0. The number of carbonyl (C=O) groups is 2. The molecule has 1 aromatic carbocycles. The summed E-state index contributed by atoms with van der Waals surface area (Å²) in [7, 11) is 2.88. The number of ether oxygens (including phenoxy) is 2. The Balaban J connectivity index is 2.75. The SMILES string of the molecule is COC(=O)[C@H](CC(N)=O)Cc1ccc(OC)cc1. The van der Waals surface area contributed by atoms with Crippen LogP contribution in [0.5, 0.6) is 5.75 Å². The van der Waals surface area contributed by atoms with E-state index in [0.717, 1.165) is 11.3 Å². The van der Waals surface area contributed by atoms with E-state index >= 15 is 0 Å². The van der Waals surface area contributed by atoms with Crippen LogP contribution in [0.1, 0.15) is 12.0 Å². The number of primary amides is 1. The molecule has 0 aliphatic heterocycles. The van der Waals surface area contributed by atoms with E-state index in [4.69, 9.17) is 10.5 Å². The second kappa shape index (κ2) is 6.64. The number of methoxy groups -OCH3 is 2. The predicted molar refractivity (Wildman–Crippen MR) is 66.0 cm³/mol. The molecule has 0 saturated heterocycles. The van der Waals surface area contributed by atoms with E-state index in [1.807, 2.05) is 12.1 Å². The first-order valence-corrected chi connectivity index (χ1v) is 5.56. The number of esters is 1. The van der Waals surface area contributed by atoms with Crippen LogP contribution in [0.2, 0.25) is 0 Å². The standard InChI is InChI=1S/C13H17NO4/c1-17-11-5-3-9(4-6-11)7-10(8-12(14)15)13(16)18-2/h3-6,10H,7-8H2,1-2H3,(H2,14,15)/t10-/m0/s1. The third kappa shape index (κ3) is 4.08. The maximum atomic E-state index is 11.5. The summed E-state index contributed by atoms with van der Waals surface area (Å²) in [4.78, 5) is 22.4. The van der Waals surface area contributed by atoms with Gasteiger partial charge in [-0.05, 0) is 24.1 Å². The van der Waals surface area contributed by atoms with E-state index in [1.54, 1.807) is 19.2 Å². The minimum absolute atomic E-state index is 0.0152. The second-order valence-electron chi connectivity index (χ2n) is 3.94. The van der Waals surface area contributed by atoms with E-state index < -0.39 is 17.8 Å². The van der Waals surface area contributed by atoms with Crippen LogP contribution in [0.25, 0.3) is 0 Å². The third-order valence-electron chi connectivity index (χ3n) is 2.62. The topological polar surface area (TPSA) is 78.6 Å². The quantitative estimate of drug-likeness (QED) is 0.762. The molecule has 0 radical (unpaired) electrons. The van der Waals surface area contributed by atoms with E-state index in [0.29, 0.717) is 6.42 Å². The third-order valence-corrected chi connectivity index (χ3v) is 2.62. The van der Waals surface area contributed by atoms with Crippen molar-refractivity contribution in [2.45, 2.75) is 12.8 Å². The van der Waals surface area contributed by atoms with Gasteiger partial charge in [0.15, 0.2) is 0 Å². The zero-order valence-electron chi connectivity index (χ0n) is 10.5. The Morgan fingerprint density at radius 2 is 1.83 bits per heavy atom. The van der Waals surface area contributed by atoms with Crippen LogP contribution < -0.4 is 10.5 Å². The number of rotatable bonds is 6. The lowest BCUT2D eigenvalue weighted by molar-refractivity contribution is -0.147. The number of benzene rings is 1. The number of amides is 1. The lowest BCUT2D eigenvalue weighted by Gasteiger charge is -2.13. The molecule has 0 aliphatic rings. The van der Waals surface area contributed by atoms with Crippen molar-refractivity contribution in [2.24, 2.45) is 11.7 Å². The van der Waals surface area contributed by atoms with Gasteiger partial charge in [0.2, 0.25) is 5.91 Å². The smallest absolute Gasteiger partial charge is 0.309 e. The van der Waals surface area contributed by atoms with Crippen molar-refractivity contribution in [1.29, 1.82) is 0 Å². The number of nitrogens with two attached hydrogens (primary N) is 1. The Kier molecular flexibility index (Phi) is 5.17. The fraction of sp³-hybridized carbons (Fsp3) is 0.385. The van der Waals surface area contributed by atoms with Gasteiger partial charge in [0.05, 0.1) is 20.1 Å². The van der Waals surface area contributed by atoms with Gasteiger partial charge >= 0.3 is 5.97 Å². The molecule has 0 aliphatic carbocycles. The summed E-state index contributed by atoms with van der Waals surface area (Å²) < 4.78 is 9.70. The molecule has 18 heavy (non-hydrogen) atoms. The van der Waals surface area contributed by atoms with Crippen molar-refractivity contribution in [3.8, 4) is 5.75 Å². The Morgan fingerprint density at radius 1 is 1.22 bits per heavy atom. The molecule has 5 nitrogen and oxygen atoms in total. The molecule has 0 fully saturated rings. The number of hydrogen-bond acceptors (Lipinski definition) is 4. The molecule has 1 aromatic rings. The molecule has 0 spiro atoms. The van der Waals surface area contributed by atoms with Crippen molar-refractivity contribution in [1.82, 2.24) is 0 Å². The molecule has 0 saturated carbocycles. The number of hydrogen-bond donors (Lipinski definition) is 1.